The van der Waals surface area contributed by atoms with Crippen LogP contribution in [-0.4, -0.2) is 38.1 Å². The lowest BCUT2D eigenvalue weighted by Gasteiger charge is -2.30. The van der Waals surface area contributed by atoms with Crippen LogP contribution >= 0.6 is 28.1 Å². The van der Waals surface area contributed by atoms with Crippen molar-refractivity contribution >= 4 is 44.9 Å². The summed E-state index contributed by atoms with van der Waals surface area (Å²) in [5, 5.41) is 15.3. The normalized spacial score (nSPS) is 11.8. The van der Waals surface area contributed by atoms with Crippen LogP contribution in [0.4, 0.5) is 18.9 Å². The van der Waals surface area contributed by atoms with Crippen molar-refractivity contribution in [3.05, 3.63) is 118 Å². The molecule has 0 aliphatic carbocycles. The van der Waals surface area contributed by atoms with E-state index in [1.807, 2.05) is 28.8 Å². The van der Waals surface area contributed by atoms with E-state index in [1.165, 1.54) is 12.1 Å². The SMILES string of the molecule is C[C@@H](CN(Cc1ccccc1C(F)(F)F)C(=S)Nc1cccc(Br)c1)NC(=O)Cc1cncn1Cc1ccc(C#N)cc1. The number of benzene rings is 3. The maximum Gasteiger partial charge on any atom is 0.416 e. The molecule has 4 rings (SSSR count). The first-order valence-corrected chi connectivity index (χ1v) is 14.5. The molecule has 222 valence electrons. The average Bonchev–Trinajstić information content (AvgIpc) is 3.38. The highest BCUT2D eigenvalue weighted by Crippen LogP contribution is 2.32. The molecule has 43 heavy (non-hydrogen) atoms. The second kappa shape index (κ2) is 14.3. The number of carbonyl (C=O) groups excluding carboxylic acids is 1. The molecule has 1 heterocycles. The van der Waals surface area contributed by atoms with E-state index in [0.29, 0.717) is 23.5 Å². The predicted octanol–water partition coefficient (Wildman–Crippen LogP) is 6.53. The van der Waals surface area contributed by atoms with Gasteiger partial charge in [-0.05, 0) is 66.7 Å². The van der Waals surface area contributed by atoms with E-state index in [0.717, 1.165) is 16.1 Å². The number of nitrogens with zero attached hydrogens (tertiary/aromatic N) is 4. The summed E-state index contributed by atoms with van der Waals surface area (Å²) < 4.78 is 43.9. The molecule has 1 amide bonds. The number of hydrogen-bond acceptors (Lipinski definition) is 4. The van der Waals surface area contributed by atoms with Gasteiger partial charge in [-0.1, -0.05) is 52.3 Å². The van der Waals surface area contributed by atoms with Crippen LogP contribution < -0.4 is 10.6 Å². The number of nitrogens with one attached hydrogen (secondary N) is 2. The molecule has 1 atom stereocenters. The van der Waals surface area contributed by atoms with Crippen LogP contribution in [0, 0.1) is 11.3 Å². The molecule has 12 heteroatoms. The van der Waals surface area contributed by atoms with Crippen LogP contribution in [0.1, 0.15) is 34.9 Å². The van der Waals surface area contributed by atoms with E-state index >= 15 is 0 Å². The van der Waals surface area contributed by atoms with Gasteiger partial charge in [-0.15, -0.1) is 0 Å². The molecular weight excluding hydrogens is 641 g/mol. The Morgan fingerprint density at radius 2 is 1.88 bits per heavy atom. The summed E-state index contributed by atoms with van der Waals surface area (Å²) in [6, 6.07) is 21.4. The largest absolute Gasteiger partial charge is 0.416 e. The zero-order valence-electron chi connectivity index (χ0n) is 23.1. The van der Waals surface area contributed by atoms with Gasteiger partial charge in [-0.3, -0.25) is 4.79 Å². The quantitative estimate of drug-likeness (QED) is 0.187. The number of rotatable bonds is 10. The monoisotopic (exact) mass is 668 g/mol. The summed E-state index contributed by atoms with van der Waals surface area (Å²) in [6.07, 6.45) is -1.22. The lowest BCUT2D eigenvalue weighted by atomic mass is 10.1. The minimum absolute atomic E-state index is 0.0538. The Bertz CT molecular complexity index is 1620. The van der Waals surface area contributed by atoms with Gasteiger partial charge in [0.15, 0.2) is 5.11 Å². The van der Waals surface area contributed by atoms with Gasteiger partial charge in [-0.2, -0.15) is 18.4 Å². The van der Waals surface area contributed by atoms with Crippen LogP contribution in [0.2, 0.25) is 0 Å². The van der Waals surface area contributed by atoms with Crippen molar-refractivity contribution in [1.82, 2.24) is 19.8 Å². The Balaban J connectivity index is 1.45. The highest BCUT2D eigenvalue weighted by molar-refractivity contribution is 9.10. The fraction of sp³-hybridized carbons (Fsp3) is 0.226. The van der Waals surface area contributed by atoms with Gasteiger partial charge in [0.2, 0.25) is 5.91 Å². The Labute approximate surface area is 261 Å². The van der Waals surface area contributed by atoms with Gasteiger partial charge in [0.05, 0.1) is 29.9 Å². The van der Waals surface area contributed by atoms with Crippen molar-refractivity contribution in [1.29, 1.82) is 5.26 Å². The van der Waals surface area contributed by atoms with Crippen molar-refractivity contribution in [3.8, 4) is 6.07 Å². The standard InChI is InChI=1S/C31H28BrF3N6OS/c1-21(38-29(42)14-27-16-37-20-41(27)18-23-11-9-22(15-36)10-12-23)17-40(30(43)39-26-7-4-6-25(32)13-26)19-24-5-2-3-8-28(24)31(33,34)35/h2-13,16,20-21H,14,17-19H2,1H3,(H,38,42)(H,39,43)/t21-/m0/s1. The van der Waals surface area contributed by atoms with E-state index in [1.54, 1.807) is 54.7 Å². The van der Waals surface area contributed by atoms with Gasteiger partial charge in [0.1, 0.15) is 0 Å². The van der Waals surface area contributed by atoms with Gasteiger partial charge in [0, 0.05) is 47.7 Å². The number of anilines is 1. The Morgan fingerprint density at radius 3 is 2.58 bits per heavy atom. The fourth-order valence-corrected chi connectivity index (χ4v) is 5.17. The second-order valence-electron chi connectivity index (χ2n) is 9.94. The molecule has 1 aromatic heterocycles. The molecule has 0 unspecified atom stereocenters. The van der Waals surface area contributed by atoms with Gasteiger partial charge < -0.3 is 20.1 Å². The molecule has 7 nitrogen and oxygen atoms in total. The second-order valence-corrected chi connectivity index (χ2v) is 11.2. The van der Waals surface area contributed by atoms with Gasteiger partial charge in [0.25, 0.3) is 0 Å². The number of halogens is 4. The minimum atomic E-state index is -4.53. The van der Waals surface area contributed by atoms with E-state index in [-0.39, 0.29) is 36.1 Å². The number of aromatic nitrogens is 2. The molecule has 0 bridgehead atoms. The zero-order valence-corrected chi connectivity index (χ0v) is 25.5. The summed E-state index contributed by atoms with van der Waals surface area (Å²) >= 11 is 9.04. The molecule has 3 aromatic carbocycles. The van der Waals surface area contributed by atoms with Crippen LogP contribution in [0.3, 0.4) is 0 Å². The molecule has 0 saturated carbocycles. The van der Waals surface area contributed by atoms with Crippen LogP contribution in [0.25, 0.3) is 0 Å². The Morgan fingerprint density at radius 1 is 1.14 bits per heavy atom. The van der Waals surface area contributed by atoms with E-state index in [2.05, 4.69) is 37.6 Å². The van der Waals surface area contributed by atoms with Crippen molar-refractivity contribution in [3.63, 3.8) is 0 Å². The van der Waals surface area contributed by atoms with Crippen molar-refractivity contribution < 1.29 is 18.0 Å². The molecule has 0 saturated heterocycles. The Kier molecular flexibility index (Phi) is 10.6. The van der Waals surface area contributed by atoms with Crippen LogP contribution in [0.15, 0.2) is 89.8 Å². The number of amides is 1. The summed E-state index contributed by atoms with van der Waals surface area (Å²) in [5.41, 5.74) is 2.20. The number of carbonyl (C=O) groups is 1. The first-order valence-electron chi connectivity index (χ1n) is 13.3. The number of hydrogen-bond donors (Lipinski definition) is 2. The summed E-state index contributed by atoms with van der Waals surface area (Å²) in [7, 11) is 0. The molecule has 0 fully saturated rings. The highest BCUT2D eigenvalue weighted by atomic mass is 79.9. The molecule has 2 N–H and O–H groups in total. The average molecular weight is 670 g/mol. The third-order valence-corrected chi connectivity index (χ3v) is 7.38. The van der Waals surface area contributed by atoms with Crippen molar-refractivity contribution in [2.24, 2.45) is 0 Å². The molecule has 0 aliphatic heterocycles. The number of alkyl halides is 3. The fourth-order valence-electron chi connectivity index (χ4n) is 4.51. The molecule has 4 aromatic rings. The molecule has 0 aliphatic rings. The number of thiocarbonyl (C=S) groups is 1. The van der Waals surface area contributed by atoms with Gasteiger partial charge in [-0.25, -0.2) is 4.98 Å². The van der Waals surface area contributed by atoms with Crippen LogP contribution in [-0.2, 0) is 30.5 Å². The highest BCUT2D eigenvalue weighted by Gasteiger charge is 2.33. The summed E-state index contributed by atoms with van der Waals surface area (Å²) in [6.45, 7) is 2.29. The maximum atomic E-state index is 13.8. The molecule has 0 radical (unpaired) electrons. The topological polar surface area (TPSA) is 86.0 Å². The Hall–Kier alpha value is -4.21. The van der Waals surface area contributed by atoms with Crippen LogP contribution in [0.5, 0.6) is 0 Å². The first-order chi connectivity index (χ1) is 20.5. The van der Waals surface area contributed by atoms with Crippen molar-refractivity contribution in [2.45, 2.75) is 38.7 Å². The maximum absolute atomic E-state index is 13.8. The van der Waals surface area contributed by atoms with E-state index in [4.69, 9.17) is 17.5 Å². The smallest absolute Gasteiger partial charge is 0.352 e. The zero-order chi connectivity index (χ0) is 31.0. The van der Waals surface area contributed by atoms with Gasteiger partial charge >= 0.3 is 6.18 Å². The molecule has 0 spiro atoms. The van der Waals surface area contributed by atoms with Crippen molar-refractivity contribution in [2.75, 3.05) is 11.9 Å². The van der Waals surface area contributed by atoms with E-state index < -0.39 is 17.8 Å². The minimum Gasteiger partial charge on any atom is -0.352 e. The van der Waals surface area contributed by atoms with E-state index in [9.17, 15) is 18.0 Å². The third kappa shape index (κ3) is 9.14. The summed E-state index contributed by atoms with van der Waals surface area (Å²) in [4.78, 5) is 18.8. The summed E-state index contributed by atoms with van der Waals surface area (Å²) in [5.74, 6) is -0.268. The lowest BCUT2D eigenvalue weighted by molar-refractivity contribution is -0.138. The lowest BCUT2D eigenvalue weighted by Crippen LogP contribution is -2.46. The molecular formula is C31H28BrF3N6OS. The third-order valence-electron chi connectivity index (χ3n) is 6.52. The number of imidazole rings is 1. The first kappa shape index (κ1) is 31.7. The number of nitriles is 1. The predicted molar refractivity (Wildman–Crippen MR) is 166 cm³/mol.